The summed E-state index contributed by atoms with van der Waals surface area (Å²) in [4.78, 5) is 54.3. The van der Waals surface area contributed by atoms with E-state index >= 15 is 0 Å². The maximum Gasteiger partial charge on any atom is 0.325 e. The summed E-state index contributed by atoms with van der Waals surface area (Å²) in [6, 6.07) is 17.2. The Bertz CT molecular complexity index is 1050. The van der Waals surface area contributed by atoms with Crippen molar-refractivity contribution in [1.82, 2.24) is 15.5 Å². The number of urea groups is 1. The maximum absolute atomic E-state index is 13.3. The van der Waals surface area contributed by atoms with Crippen LogP contribution in [0.4, 0.5) is 10.5 Å². The fourth-order valence-corrected chi connectivity index (χ4v) is 4.76. The highest BCUT2D eigenvalue weighted by Crippen LogP contribution is 2.33. The van der Waals surface area contributed by atoms with E-state index in [0.29, 0.717) is 18.5 Å². The summed E-state index contributed by atoms with van der Waals surface area (Å²) in [6.07, 6.45) is 4.23. The summed E-state index contributed by atoms with van der Waals surface area (Å²) in [5.41, 5.74) is 0.703. The zero-order valence-corrected chi connectivity index (χ0v) is 19.3. The lowest BCUT2D eigenvalue weighted by Gasteiger charge is -2.30. The van der Waals surface area contributed by atoms with Gasteiger partial charge in [-0.3, -0.25) is 19.3 Å². The van der Waals surface area contributed by atoms with Gasteiger partial charge in [-0.05, 0) is 30.5 Å². The van der Waals surface area contributed by atoms with Crippen molar-refractivity contribution in [3.8, 4) is 0 Å². The van der Waals surface area contributed by atoms with E-state index in [4.69, 9.17) is 0 Å². The van der Waals surface area contributed by atoms with Crippen molar-refractivity contribution < 1.29 is 19.2 Å². The molecule has 0 radical (unpaired) electrons. The van der Waals surface area contributed by atoms with E-state index < -0.39 is 30.1 Å². The van der Waals surface area contributed by atoms with Gasteiger partial charge in [-0.25, -0.2) is 4.79 Å². The summed E-state index contributed by atoms with van der Waals surface area (Å²) in [5, 5.41) is 5.58. The van der Waals surface area contributed by atoms with E-state index in [0.717, 1.165) is 29.7 Å². The van der Waals surface area contributed by atoms with Gasteiger partial charge in [0.2, 0.25) is 11.8 Å². The molecule has 2 aromatic rings. The fraction of sp³-hybridized carbons (Fsp3) is 0.385. The average Bonchev–Trinajstić information content (AvgIpc) is 3.08. The summed E-state index contributed by atoms with van der Waals surface area (Å²) < 4.78 is 0. The molecule has 1 aliphatic carbocycles. The highest BCUT2D eigenvalue weighted by molar-refractivity contribution is 6.09. The average molecular weight is 463 g/mol. The van der Waals surface area contributed by atoms with Gasteiger partial charge in [0.25, 0.3) is 5.91 Å². The number of rotatable bonds is 7. The number of benzene rings is 2. The molecule has 1 spiro atoms. The monoisotopic (exact) mass is 462 g/mol. The minimum absolute atomic E-state index is 0.284. The highest BCUT2D eigenvalue weighted by atomic mass is 16.2. The van der Waals surface area contributed by atoms with Crippen LogP contribution in [0, 0.1) is 0 Å². The smallest absolute Gasteiger partial charge is 0.325 e. The Labute approximate surface area is 199 Å². The van der Waals surface area contributed by atoms with Gasteiger partial charge in [0, 0.05) is 19.2 Å². The van der Waals surface area contributed by atoms with Gasteiger partial charge in [-0.15, -0.1) is 0 Å². The summed E-state index contributed by atoms with van der Waals surface area (Å²) in [6.45, 7) is -0.417. The molecule has 1 atom stereocenters. The summed E-state index contributed by atoms with van der Waals surface area (Å²) >= 11 is 0. The Morgan fingerprint density at radius 2 is 1.62 bits per heavy atom. The Morgan fingerprint density at radius 1 is 1.00 bits per heavy atom. The van der Waals surface area contributed by atoms with Crippen molar-refractivity contribution in [2.75, 3.05) is 18.5 Å². The molecular weight excluding hydrogens is 432 g/mol. The van der Waals surface area contributed by atoms with Crippen LogP contribution in [0.5, 0.6) is 0 Å². The normalized spacial score (nSPS) is 17.9. The SMILES string of the molecule is CN(C(=O)C(Cc1ccccc1)NC(=O)CN1C(=O)NC2(CCCCC2)C1=O)c1ccccc1. The van der Waals surface area contributed by atoms with E-state index in [-0.39, 0.29) is 18.2 Å². The summed E-state index contributed by atoms with van der Waals surface area (Å²) in [5.74, 6) is -1.18. The number of likely N-dealkylation sites (N-methyl/N-ethyl adjacent to an activating group) is 1. The molecule has 4 rings (SSSR count). The van der Waals surface area contributed by atoms with Gasteiger partial charge in [0.05, 0.1) is 0 Å². The third-order valence-corrected chi connectivity index (χ3v) is 6.64. The van der Waals surface area contributed by atoms with Crippen LogP contribution < -0.4 is 15.5 Å². The Morgan fingerprint density at radius 3 is 2.26 bits per heavy atom. The molecule has 1 heterocycles. The van der Waals surface area contributed by atoms with Crippen LogP contribution in [0.3, 0.4) is 0 Å². The number of carbonyl (C=O) groups excluding carboxylic acids is 4. The molecule has 5 amide bonds. The number of nitrogens with one attached hydrogen (secondary N) is 2. The molecule has 2 aromatic carbocycles. The van der Waals surface area contributed by atoms with E-state index in [1.807, 2.05) is 60.7 Å². The van der Waals surface area contributed by atoms with Gasteiger partial charge in [0.1, 0.15) is 18.1 Å². The van der Waals surface area contributed by atoms with Crippen molar-refractivity contribution in [1.29, 1.82) is 0 Å². The standard InChI is InChI=1S/C26H30N4O4/c1-29(20-13-7-3-8-14-20)23(32)21(17-19-11-5-2-6-12-19)27-22(31)18-30-24(33)26(28-25(30)34)15-9-4-10-16-26/h2-3,5-8,11-14,21H,4,9-10,15-18H2,1H3,(H,27,31)(H,28,34). The molecule has 0 aromatic heterocycles. The molecule has 2 N–H and O–H groups in total. The Hall–Kier alpha value is -3.68. The predicted molar refractivity (Wildman–Crippen MR) is 128 cm³/mol. The van der Waals surface area contributed by atoms with Crippen molar-refractivity contribution in [3.63, 3.8) is 0 Å². The third-order valence-electron chi connectivity index (χ3n) is 6.64. The number of hydrogen-bond donors (Lipinski definition) is 2. The number of anilines is 1. The van der Waals surface area contributed by atoms with E-state index in [1.54, 1.807) is 7.05 Å². The molecule has 1 saturated heterocycles. The summed E-state index contributed by atoms with van der Waals surface area (Å²) in [7, 11) is 1.66. The number of para-hydroxylation sites is 1. The van der Waals surface area contributed by atoms with Crippen molar-refractivity contribution in [2.45, 2.75) is 50.1 Å². The first-order valence-corrected chi connectivity index (χ1v) is 11.7. The van der Waals surface area contributed by atoms with Gasteiger partial charge in [0.15, 0.2) is 0 Å². The molecule has 2 fully saturated rings. The zero-order chi connectivity index (χ0) is 24.1. The maximum atomic E-state index is 13.3. The quantitative estimate of drug-likeness (QED) is 0.618. The fourth-order valence-electron chi connectivity index (χ4n) is 4.76. The lowest BCUT2D eigenvalue weighted by Crippen LogP contribution is -2.52. The molecule has 2 aliphatic rings. The van der Waals surface area contributed by atoms with Crippen molar-refractivity contribution >= 4 is 29.4 Å². The van der Waals surface area contributed by atoms with Crippen molar-refractivity contribution in [2.24, 2.45) is 0 Å². The molecule has 1 saturated carbocycles. The van der Waals surface area contributed by atoms with E-state index in [1.165, 1.54) is 4.90 Å². The van der Waals surface area contributed by atoms with Gasteiger partial charge in [-0.1, -0.05) is 67.8 Å². The first-order chi connectivity index (χ1) is 16.4. The highest BCUT2D eigenvalue weighted by Gasteiger charge is 2.51. The van der Waals surface area contributed by atoms with Crippen LogP contribution in [-0.2, 0) is 20.8 Å². The van der Waals surface area contributed by atoms with Gasteiger partial charge in [-0.2, -0.15) is 0 Å². The number of nitrogens with zero attached hydrogens (tertiary/aromatic N) is 2. The van der Waals surface area contributed by atoms with Crippen LogP contribution in [0.1, 0.15) is 37.7 Å². The number of amides is 5. The Kier molecular flexibility index (Phi) is 6.95. The first kappa shape index (κ1) is 23.5. The predicted octanol–water partition coefficient (Wildman–Crippen LogP) is 2.63. The van der Waals surface area contributed by atoms with Gasteiger partial charge < -0.3 is 15.5 Å². The molecule has 1 aliphatic heterocycles. The lowest BCUT2D eigenvalue weighted by molar-refractivity contribution is -0.136. The molecule has 0 bridgehead atoms. The van der Waals surface area contributed by atoms with Crippen LogP contribution in [0.25, 0.3) is 0 Å². The molecule has 178 valence electrons. The van der Waals surface area contributed by atoms with Crippen LogP contribution in [0.15, 0.2) is 60.7 Å². The van der Waals surface area contributed by atoms with Crippen LogP contribution in [-0.4, -0.2) is 53.8 Å². The zero-order valence-electron chi connectivity index (χ0n) is 19.3. The second-order valence-corrected chi connectivity index (χ2v) is 9.01. The van der Waals surface area contributed by atoms with Crippen LogP contribution >= 0.6 is 0 Å². The minimum Gasteiger partial charge on any atom is -0.342 e. The second-order valence-electron chi connectivity index (χ2n) is 9.01. The third kappa shape index (κ3) is 4.95. The number of hydrogen-bond acceptors (Lipinski definition) is 4. The van der Waals surface area contributed by atoms with Crippen LogP contribution in [0.2, 0.25) is 0 Å². The van der Waals surface area contributed by atoms with Gasteiger partial charge >= 0.3 is 6.03 Å². The number of carbonyl (C=O) groups is 4. The largest absolute Gasteiger partial charge is 0.342 e. The molecule has 1 unspecified atom stereocenters. The second kappa shape index (κ2) is 10.1. The van der Waals surface area contributed by atoms with Crippen molar-refractivity contribution in [3.05, 3.63) is 66.2 Å². The minimum atomic E-state index is -0.887. The van der Waals surface area contributed by atoms with E-state index in [9.17, 15) is 19.2 Å². The lowest BCUT2D eigenvalue weighted by atomic mass is 9.82. The van der Waals surface area contributed by atoms with E-state index in [2.05, 4.69) is 10.6 Å². The Balaban J connectivity index is 1.48. The molecule has 8 heteroatoms. The molecule has 34 heavy (non-hydrogen) atoms. The first-order valence-electron chi connectivity index (χ1n) is 11.7. The molecule has 8 nitrogen and oxygen atoms in total. The topological polar surface area (TPSA) is 98.8 Å². The number of imide groups is 1. The molecular formula is C26H30N4O4.